The summed E-state index contributed by atoms with van der Waals surface area (Å²) < 4.78 is 5.63. The highest BCUT2D eigenvalue weighted by atomic mass is 16.7. The van der Waals surface area contributed by atoms with Gasteiger partial charge in [-0.2, -0.15) is 0 Å². The summed E-state index contributed by atoms with van der Waals surface area (Å²) in [4.78, 5) is 10.7. The lowest BCUT2D eigenvalue weighted by atomic mass is 9.93. The fraction of sp³-hybridized carbons (Fsp3) is 0.538. The molecule has 0 bridgehead atoms. The van der Waals surface area contributed by atoms with Crippen LogP contribution in [0.4, 0.5) is 0 Å². The molecule has 0 spiro atoms. The molecule has 1 aliphatic carbocycles. The topological polar surface area (TPSA) is 78.4 Å². The van der Waals surface area contributed by atoms with Crippen molar-refractivity contribution in [1.29, 1.82) is 0 Å². The number of nitrogens with two attached hydrogens (primary N) is 1. The predicted molar refractivity (Wildman–Crippen MR) is 67.5 cm³/mol. The highest BCUT2D eigenvalue weighted by Gasteiger charge is 2.29. The monoisotopic (exact) mass is 250 g/mol. The van der Waals surface area contributed by atoms with Crippen LogP contribution in [-0.4, -0.2) is 17.1 Å². The third-order valence-electron chi connectivity index (χ3n) is 3.32. The highest BCUT2D eigenvalue weighted by molar-refractivity contribution is 5.15. The van der Waals surface area contributed by atoms with Gasteiger partial charge in [-0.25, -0.2) is 0 Å². The minimum Gasteiger partial charge on any atom is -0.328 e. The third-order valence-corrected chi connectivity index (χ3v) is 3.32. The Morgan fingerprint density at radius 1 is 1.22 bits per heavy atom. The van der Waals surface area contributed by atoms with Crippen molar-refractivity contribution in [3.05, 3.63) is 46.0 Å². The lowest BCUT2D eigenvalue weighted by Gasteiger charge is -2.27. The molecule has 1 unspecified atom stereocenters. The van der Waals surface area contributed by atoms with E-state index in [0.29, 0.717) is 5.56 Å². The maximum Gasteiger partial charge on any atom is 0.342 e. The molecular weight excluding hydrogens is 232 g/mol. The maximum absolute atomic E-state index is 11.1. The van der Waals surface area contributed by atoms with Gasteiger partial charge in [-0.15, -0.1) is 0 Å². The molecule has 0 amide bonds. The molecule has 18 heavy (non-hydrogen) atoms. The van der Waals surface area contributed by atoms with E-state index in [1.54, 1.807) is 24.3 Å². The van der Waals surface area contributed by atoms with E-state index in [-0.39, 0.29) is 17.1 Å². The maximum atomic E-state index is 11.1. The Labute approximate surface area is 106 Å². The van der Waals surface area contributed by atoms with Crippen LogP contribution >= 0.6 is 0 Å². The minimum atomic E-state index is -1.06. The van der Waals surface area contributed by atoms with Crippen molar-refractivity contribution in [1.82, 2.24) is 0 Å². The Hall–Kier alpha value is -1.46. The van der Waals surface area contributed by atoms with Gasteiger partial charge in [-0.3, -0.25) is 10.1 Å². The molecule has 1 aromatic carbocycles. The zero-order chi connectivity index (χ0) is 13.0. The molecule has 1 atom stereocenters. The average molecular weight is 250 g/mol. The molecule has 98 valence electrons. The summed E-state index contributed by atoms with van der Waals surface area (Å²) in [5, 5.41) is 11.1. The first-order chi connectivity index (χ1) is 8.66. The van der Waals surface area contributed by atoms with E-state index < -0.39 is 6.23 Å². The molecule has 5 heteroatoms. The van der Waals surface area contributed by atoms with Gasteiger partial charge in [0.1, 0.15) is 0 Å². The van der Waals surface area contributed by atoms with Gasteiger partial charge < -0.3 is 10.5 Å². The van der Waals surface area contributed by atoms with Crippen LogP contribution in [0.25, 0.3) is 0 Å². The number of benzene rings is 1. The van der Waals surface area contributed by atoms with E-state index in [0.717, 1.165) is 25.7 Å². The summed E-state index contributed by atoms with van der Waals surface area (Å²) in [5.41, 5.74) is 6.40. The Kier molecular flexibility index (Phi) is 4.28. The van der Waals surface area contributed by atoms with Gasteiger partial charge in [0.15, 0.2) is 0 Å². The lowest BCUT2D eigenvalue weighted by Crippen LogP contribution is -2.32. The van der Waals surface area contributed by atoms with Crippen LogP contribution in [0, 0.1) is 10.1 Å². The zero-order valence-electron chi connectivity index (χ0n) is 10.2. The molecule has 0 radical (unpaired) electrons. The summed E-state index contributed by atoms with van der Waals surface area (Å²) in [6, 6.07) is 9.07. The van der Waals surface area contributed by atoms with Crippen molar-refractivity contribution < 1.29 is 9.66 Å². The molecule has 0 heterocycles. The fourth-order valence-electron chi connectivity index (χ4n) is 2.27. The molecule has 0 aromatic heterocycles. The molecule has 1 fully saturated rings. The van der Waals surface area contributed by atoms with E-state index in [2.05, 4.69) is 0 Å². The summed E-state index contributed by atoms with van der Waals surface area (Å²) in [5.74, 6) is 0. The van der Waals surface area contributed by atoms with Crippen LogP contribution in [0.15, 0.2) is 30.3 Å². The molecule has 5 nitrogen and oxygen atoms in total. The van der Waals surface area contributed by atoms with Crippen LogP contribution in [0.5, 0.6) is 0 Å². The van der Waals surface area contributed by atoms with Crippen molar-refractivity contribution in [2.75, 3.05) is 0 Å². The normalized spacial score (nSPS) is 25.6. The first-order valence-electron chi connectivity index (χ1n) is 6.26. The van der Waals surface area contributed by atoms with E-state index in [1.165, 1.54) is 0 Å². The summed E-state index contributed by atoms with van der Waals surface area (Å²) in [7, 11) is 0. The first-order valence-corrected chi connectivity index (χ1v) is 6.26. The second kappa shape index (κ2) is 5.93. The molecule has 2 rings (SSSR count). The molecule has 0 saturated heterocycles. The summed E-state index contributed by atoms with van der Waals surface area (Å²) >= 11 is 0. The standard InChI is InChI=1S/C13H18N2O3/c14-11-6-8-12(9-7-11)18-13(15(16)17)10-4-2-1-3-5-10/h1-5,11-13H,6-9,14H2/t11-,12-,13?. The number of nitro groups is 1. The molecule has 2 N–H and O–H groups in total. The zero-order valence-corrected chi connectivity index (χ0v) is 10.2. The largest absolute Gasteiger partial charge is 0.342 e. The highest BCUT2D eigenvalue weighted by Crippen LogP contribution is 2.26. The van der Waals surface area contributed by atoms with E-state index in [9.17, 15) is 10.1 Å². The second-order valence-electron chi connectivity index (χ2n) is 4.72. The summed E-state index contributed by atoms with van der Waals surface area (Å²) in [6.45, 7) is 0. The van der Waals surface area contributed by atoms with E-state index in [1.807, 2.05) is 6.07 Å². The average Bonchev–Trinajstić information content (AvgIpc) is 2.38. The van der Waals surface area contributed by atoms with Crippen molar-refractivity contribution in [3.63, 3.8) is 0 Å². The van der Waals surface area contributed by atoms with Crippen molar-refractivity contribution in [2.24, 2.45) is 5.73 Å². The Bertz CT molecular complexity index is 388. The molecular formula is C13H18N2O3. The van der Waals surface area contributed by atoms with Gasteiger partial charge in [0.25, 0.3) is 0 Å². The van der Waals surface area contributed by atoms with Crippen LogP contribution in [-0.2, 0) is 4.74 Å². The second-order valence-corrected chi connectivity index (χ2v) is 4.72. The quantitative estimate of drug-likeness (QED) is 0.505. The van der Waals surface area contributed by atoms with Crippen LogP contribution < -0.4 is 5.73 Å². The van der Waals surface area contributed by atoms with Crippen molar-refractivity contribution >= 4 is 0 Å². The van der Waals surface area contributed by atoms with Gasteiger partial charge in [-0.05, 0) is 37.8 Å². The number of rotatable bonds is 4. The van der Waals surface area contributed by atoms with E-state index >= 15 is 0 Å². The number of ether oxygens (including phenoxy) is 1. The summed E-state index contributed by atoms with van der Waals surface area (Å²) in [6.07, 6.45) is 2.25. The van der Waals surface area contributed by atoms with Crippen molar-refractivity contribution in [3.8, 4) is 0 Å². The van der Waals surface area contributed by atoms with Gasteiger partial charge in [0.05, 0.1) is 16.6 Å². The van der Waals surface area contributed by atoms with Crippen LogP contribution in [0.2, 0.25) is 0 Å². The molecule has 1 aromatic rings. The molecule has 0 aliphatic heterocycles. The van der Waals surface area contributed by atoms with Gasteiger partial charge in [0.2, 0.25) is 0 Å². The first kappa shape index (κ1) is 13.0. The Morgan fingerprint density at radius 2 is 1.83 bits per heavy atom. The van der Waals surface area contributed by atoms with Gasteiger partial charge in [-0.1, -0.05) is 18.2 Å². The smallest absolute Gasteiger partial charge is 0.328 e. The Morgan fingerprint density at radius 3 is 2.39 bits per heavy atom. The minimum absolute atomic E-state index is 0.0552. The number of hydrogen-bond donors (Lipinski definition) is 1. The third kappa shape index (κ3) is 3.27. The van der Waals surface area contributed by atoms with Crippen LogP contribution in [0.1, 0.15) is 37.5 Å². The fourth-order valence-corrected chi connectivity index (χ4v) is 2.27. The molecule has 1 aliphatic rings. The lowest BCUT2D eigenvalue weighted by molar-refractivity contribution is -0.588. The number of hydrogen-bond acceptors (Lipinski definition) is 4. The SMILES string of the molecule is N[C@H]1CC[C@H](OC(c2ccccc2)[N+](=O)[O-])CC1. The van der Waals surface area contributed by atoms with Crippen LogP contribution in [0.3, 0.4) is 0 Å². The Balaban J connectivity index is 2.01. The van der Waals surface area contributed by atoms with Crippen molar-refractivity contribution in [2.45, 2.75) is 44.1 Å². The molecule has 1 saturated carbocycles. The van der Waals surface area contributed by atoms with Gasteiger partial charge in [0, 0.05) is 6.04 Å². The predicted octanol–water partition coefficient (Wildman–Crippen LogP) is 2.25. The van der Waals surface area contributed by atoms with E-state index in [4.69, 9.17) is 10.5 Å². The number of nitrogens with zero attached hydrogens (tertiary/aromatic N) is 1. The van der Waals surface area contributed by atoms with Gasteiger partial charge >= 0.3 is 6.23 Å².